The third kappa shape index (κ3) is 3.33. The Hall–Kier alpha value is -1.39. The molecule has 1 aliphatic carbocycles. The van der Waals surface area contributed by atoms with Gasteiger partial charge in [0.1, 0.15) is 0 Å². The predicted octanol–water partition coefficient (Wildman–Crippen LogP) is 1.52. The fourth-order valence-corrected chi connectivity index (χ4v) is 2.89. The quantitative estimate of drug-likeness (QED) is 0.864. The number of hydrogen-bond acceptors (Lipinski definition) is 3. The van der Waals surface area contributed by atoms with Crippen molar-refractivity contribution in [3.8, 4) is 0 Å². The highest BCUT2D eigenvalue weighted by Gasteiger charge is 2.26. The molecule has 0 spiro atoms. The first-order valence-electron chi connectivity index (χ1n) is 6.85. The Morgan fingerprint density at radius 1 is 1.37 bits per heavy atom. The smallest absolute Gasteiger partial charge is 0.249 e. The van der Waals surface area contributed by atoms with Crippen molar-refractivity contribution in [1.82, 2.24) is 4.90 Å². The van der Waals surface area contributed by atoms with Gasteiger partial charge < -0.3 is 10.8 Å². The molecule has 1 aliphatic rings. The molecule has 0 radical (unpaired) electrons. The minimum absolute atomic E-state index is 0.176. The van der Waals surface area contributed by atoms with Crippen LogP contribution in [0.3, 0.4) is 0 Å². The fraction of sp³-hybridized carbons (Fsp3) is 0.533. The minimum atomic E-state index is -0.395. The number of aliphatic hydroxyl groups excluding tert-OH is 1. The van der Waals surface area contributed by atoms with Crippen molar-refractivity contribution in [1.29, 1.82) is 0 Å². The van der Waals surface area contributed by atoms with Crippen molar-refractivity contribution in [2.45, 2.75) is 44.4 Å². The van der Waals surface area contributed by atoms with E-state index >= 15 is 0 Å². The molecule has 0 heterocycles. The van der Waals surface area contributed by atoms with Gasteiger partial charge in [0.05, 0.1) is 6.10 Å². The van der Waals surface area contributed by atoms with E-state index in [4.69, 9.17) is 5.73 Å². The monoisotopic (exact) mass is 262 g/mol. The van der Waals surface area contributed by atoms with Crippen molar-refractivity contribution in [2.75, 3.05) is 7.05 Å². The van der Waals surface area contributed by atoms with Gasteiger partial charge in [-0.25, -0.2) is 0 Å². The van der Waals surface area contributed by atoms with Crippen LogP contribution < -0.4 is 5.73 Å². The Kier molecular flexibility index (Phi) is 4.56. The Balaban J connectivity index is 2.10. The number of benzene rings is 1. The van der Waals surface area contributed by atoms with Gasteiger partial charge in [0.2, 0.25) is 5.91 Å². The first kappa shape index (κ1) is 14.0. The molecule has 1 saturated carbocycles. The highest BCUT2D eigenvalue weighted by molar-refractivity contribution is 5.94. The summed E-state index contributed by atoms with van der Waals surface area (Å²) in [6.07, 6.45) is 3.87. The lowest BCUT2D eigenvalue weighted by molar-refractivity contribution is 0.0287. The number of carbonyl (C=O) groups excluding carboxylic acids is 1. The highest BCUT2D eigenvalue weighted by atomic mass is 16.3. The van der Waals surface area contributed by atoms with Crippen LogP contribution in [0.5, 0.6) is 0 Å². The fourth-order valence-electron chi connectivity index (χ4n) is 2.89. The molecule has 4 heteroatoms. The number of nitrogens with zero attached hydrogens (tertiary/aromatic N) is 1. The Bertz CT molecular complexity index is 448. The number of hydrogen-bond donors (Lipinski definition) is 2. The molecule has 19 heavy (non-hydrogen) atoms. The lowest BCUT2D eigenvalue weighted by Crippen LogP contribution is -2.43. The first-order chi connectivity index (χ1) is 9.09. The third-order valence-electron chi connectivity index (χ3n) is 3.96. The number of amides is 1. The largest absolute Gasteiger partial charge is 0.391 e. The van der Waals surface area contributed by atoms with Gasteiger partial charge in [0.25, 0.3) is 0 Å². The summed E-state index contributed by atoms with van der Waals surface area (Å²) in [6.45, 7) is 0.640. The van der Waals surface area contributed by atoms with Crippen LogP contribution in [0.25, 0.3) is 0 Å². The number of aliphatic hydroxyl groups is 1. The predicted molar refractivity (Wildman–Crippen MR) is 74.7 cm³/mol. The zero-order valence-corrected chi connectivity index (χ0v) is 11.4. The van der Waals surface area contributed by atoms with Gasteiger partial charge >= 0.3 is 0 Å². The van der Waals surface area contributed by atoms with E-state index in [2.05, 4.69) is 4.90 Å². The molecule has 3 N–H and O–H groups in total. The molecule has 0 bridgehead atoms. The molecule has 2 unspecified atom stereocenters. The maximum absolute atomic E-state index is 11.4. The second-order valence-electron chi connectivity index (χ2n) is 5.36. The van der Waals surface area contributed by atoms with E-state index in [1.54, 1.807) is 6.07 Å². The summed E-state index contributed by atoms with van der Waals surface area (Å²) in [5, 5.41) is 10.1. The van der Waals surface area contributed by atoms with Crippen LogP contribution in [0.15, 0.2) is 24.3 Å². The maximum atomic E-state index is 11.4. The number of likely N-dealkylation sites (N-methyl/N-ethyl adjacent to an activating group) is 1. The van der Waals surface area contributed by atoms with Crippen LogP contribution in [0.4, 0.5) is 0 Å². The third-order valence-corrected chi connectivity index (χ3v) is 3.96. The van der Waals surface area contributed by atoms with E-state index in [-0.39, 0.29) is 12.1 Å². The molecule has 4 nitrogen and oxygen atoms in total. The lowest BCUT2D eigenvalue weighted by Gasteiger charge is -2.35. The van der Waals surface area contributed by atoms with Gasteiger partial charge in [0, 0.05) is 18.2 Å². The van der Waals surface area contributed by atoms with Gasteiger partial charge in [-0.05, 0) is 31.5 Å². The molecule has 1 fully saturated rings. The van der Waals surface area contributed by atoms with E-state index in [1.807, 2.05) is 25.2 Å². The molecular weight excluding hydrogens is 240 g/mol. The molecule has 0 saturated heterocycles. The standard InChI is InChI=1S/C15H22N2O2/c1-17(13-8-4-5-9-14(13)18)10-11-6-2-3-7-12(11)15(16)19/h2-3,6-7,13-14,18H,4-5,8-10H2,1H3,(H2,16,19). The lowest BCUT2D eigenvalue weighted by atomic mass is 9.91. The molecule has 1 aromatic carbocycles. The number of nitrogens with two attached hydrogens (primary N) is 1. The molecule has 1 aromatic rings. The van der Waals surface area contributed by atoms with Gasteiger partial charge in [0.15, 0.2) is 0 Å². The van der Waals surface area contributed by atoms with Crippen molar-refractivity contribution in [3.63, 3.8) is 0 Å². The minimum Gasteiger partial charge on any atom is -0.391 e. The second-order valence-corrected chi connectivity index (χ2v) is 5.36. The summed E-state index contributed by atoms with van der Waals surface area (Å²) in [4.78, 5) is 13.5. The number of primary amides is 1. The number of carbonyl (C=O) groups is 1. The molecule has 0 aliphatic heterocycles. The zero-order valence-electron chi connectivity index (χ0n) is 11.4. The SMILES string of the molecule is CN(Cc1ccccc1C(N)=O)C1CCCCC1O. The summed E-state index contributed by atoms with van der Waals surface area (Å²) < 4.78 is 0. The van der Waals surface area contributed by atoms with Crippen LogP contribution in [-0.4, -0.2) is 35.1 Å². The molecule has 1 amide bonds. The summed E-state index contributed by atoms with van der Waals surface area (Å²) in [5.41, 5.74) is 6.88. The van der Waals surface area contributed by atoms with Crippen molar-refractivity contribution >= 4 is 5.91 Å². The maximum Gasteiger partial charge on any atom is 0.249 e. The van der Waals surface area contributed by atoms with Gasteiger partial charge in [-0.2, -0.15) is 0 Å². The van der Waals surface area contributed by atoms with Crippen LogP contribution in [0, 0.1) is 0 Å². The highest BCUT2D eigenvalue weighted by Crippen LogP contribution is 2.24. The van der Waals surface area contributed by atoms with Gasteiger partial charge in [-0.1, -0.05) is 31.0 Å². The van der Waals surface area contributed by atoms with Crippen LogP contribution >= 0.6 is 0 Å². The Labute approximate surface area is 114 Å². The number of rotatable bonds is 4. The molecule has 2 rings (SSSR count). The molecule has 0 aromatic heterocycles. The Morgan fingerprint density at radius 3 is 2.74 bits per heavy atom. The normalized spacial score (nSPS) is 23.5. The topological polar surface area (TPSA) is 66.6 Å². The zero-order chi connectivity index (χ0) is 13.8. The summed E-state index contributed by atoms with van der Waals surface area (Å²) >= 11 is 0. The van der Waals surface area contributed by atoms with Crippen LogP contribution in [0.1, 0.15) is 41.6 Å². The van der Waals surface area contributed by atoms with E-state index in [9.17, 15) is 9.90 Å². The molecular formula is C15H22N2O2. The van der Waals surface area contributed by atoms with E-state index in [0.29, 0.717) is 12.1 Å². The summed E-state index contributed by atoms with van der Waals surface area (Å²) in [7, 11) is 2.00. The van der Waals surface area contributed by atoms with E-state index < -0.39 is 5.91 Å². The average Bonchev–Trinajstić information content (AvgIpc) is 2.39. The van der Waals surface area contributed by atoms with E-state index in [1.165, 1.54) is 0 Å². The average molecular weight is 262 g/mol. The summed E-state index contributed by atoms with van der Waals surface area (Å²) in [5.74, 6) is -0.395. The van der Waals surface area contributed by atoms with Crippen LogP contribution in [0.2, 0.25) is 0 Å². The van der Waals surface area contributed by atoms with Crippen molar-refractivity contribution in [3.05, 3.63) is 35.4 Å². The summed E-state index contributed by atoms with van der Waals surface area (Å²) in [6, 6.07) is 7.58. The first-order valence-corrected chi connectivity index (χ1v) is 6.85. The van der Waals surface area contributed by atoms with Gasteiger partial charge in [-0.3, -0.25) is 9.69 Å². The van der Waals surface area contributed by atoms with Crippen LogP contribution in [-0.2, 0) is 6.54 Å². The van der Waals surface area contributed by atoms with Gasteiger partial charge in [-0.15, -0.1) is 0 Å². The van der Waals surface area contributed by atoms with Crippen molar-refractivity contribution < 1.29 is 9.90 Å². The van der Waals surface area contributed by atoms with Crippen molar-refractivity contribution in [2.24, 2.45) is 5.73 Å². The molecule has 2 atom stereocenters. The van der Waals surface area contributed by atoms with E-state index in [0.717, 1.165) is 31.2 Å². The second kappa shape index (κ2) is 6.17. The molecule has 104 valence electrons. The Morgan fingerprint density at radius 2 is 2.05 bits per heavy atom.